The van der Waals surface area contributed by atoms with E-state index in [1.54, 1.807) is 12.3 Å². The predicted molar refractivity (Wildman–Crippen MR) is 118 cm³/mol. The minimum absolute atomic E-state index is 0.0240. The van der Waals surface area contributed by atoms with Crippen LogP contribution in [0.3, 0.4) is 0 Å². The van der Waals surface area contributed by atoms with Crippen LogP contribution >= 0.6 is 11.3 Å². The molecule has 5 rings (SSSR count). The first-order valence-corrected chi connectivity index (χ1v) is 11.5. The van der Waals surface area contributed by atoms with Crippen molar-refractivity contribution in [3.8, 4) is 10.7 Å². The van der Waals surface area contributed by atoms with Crippen molar-refractivity contribution in [2.75, 3.05) is 11.9 Å². The van der Waals surface area contributed by atoms with E-state index in [-0.39, 0.29) is 30.7 Å². The number of carbonyl (C=O) groups excluding carboxylic acids is 1. The number of aryl methyl sites for hydroxylation is 1. The van der Waals surface area contributed by atoms with Crippen molar-refractivity contribution in [1.82, 2.24) is 30.4 Å². The van der Waals surface area contributed by atoms with E-state index < -0.39 is 6.43 Å². The van der Waals surface area contributed by atoms with Gasteiger partial charge in [0.2, 0.25) is 0 Å². The van der Waals surface area contributed by atoms with Gasteiger partial charge in [-0.1, -0.05) is 11.3 Å². The van der Waals surface area contributed by atoms with Crippen LogP contribution in [0.25, 0.3) is 21.6 Å². The lowest BCUT2D eigenvalue weighted by Gasteiger charge is -2.39. The van der Waals surface area contributed by atoms with E-state index in [1.165, 1.54) is 11.3 Å². The highest BCUT2D eigenvalue weighted by atomic mass is 32.1. The van der Waals surface area contributed by atoms with Crippen LogP contribution in [0, 0.1) is 6.92 Å². The summed E-state index contributed by atoms with van der Waals surface area (Å²) in [6.45, 7) is 1.59. The third kappa shape index (κ3) is 4.26. The first-order valence-electron chi connectivity index (χ1n) is 10.6. The summed E-state index contributed by atoms with van der Waals surface area (Å²) in [5.41, 5.74) is 1.43. The van der Waals surface area contributed by atoms with Crippen molar-refractivity contribution in [3.63, 3.8) is 0 Å². The number of rotatable bonds is 5. The van der Waals surface area contributed by atoms with Gasteiger partial charge in [0.1, 0.15) is 16.5 Å². The van der Waals surface area contributed by atoms with Crippen molar-refractivity contribution in [2.45, 2.75) is 57.2 Å². The molecule has 3 aromatic heterocycles. The number of urea groups is 1. The maximum atomic E-state index is 13.0. The third-order valence-electron chi connectivity index (χ3n) is 6.08. The Balaban J connectivity index is 1.29. The fourth-order valence-electron chi connectivity index (χ4n) is 4.71. The highest BCUT2D eigenvalue weighted by Gasteiger charge is 2.43. The van der Waals surface area contributed by atoms with Crippen LogP contribution in [0.15, 0.2) is 24.4 Å². The summed E-state index contributed by atoms with van der Waals surface area (Å²) in [5.74, 6) is 0.429. The molecule has 0 aliphatic carbocycles. The molecule has 1 unspecified atom stereocenters. The van der Waals surface area contributed by atoms with Gasteiger partial charge in [-0.2, -0.15) is 0 Å². The Kier molecular flexibility index (Phi) is 5.68. The van der Waals surface area contributed by atoms with Crippen LogP contribution in [0.1, 0.15) is 30.7 Å². The van der Waals surface area contributed by atoms with Crippen LogP contribution in [0.4, 0.5) is 19.4 Å². The maximum Gasteiger partial charge on any atom is 0.323 e. The van der Waals surface area contributed by atoms with Crippen LogP contribution < -0.4 is 10.6 Å². The molecule has 3 aromatic rings. The number of hydrogen-bond donors (Lipinski definition) is 2. The van der Waals surface area contributed by atoms with Crippen molar-refractivity contribution >= 4 is 34.1 Å². The minimum atomic E-state index is -2.36. The molecule has 2 fully saturated rings. The molecule has 32 heavy (non-hydrogen) atoms. The van der Waals surface area contributed by atoms with Crippen LogP contribution in [0.2, 0.25) is 0 Å². The van der Waals surface area contributed by atoms with Gasteiger partial charge in [0.05, 0.1) is 12.1 Å². The maximum absolute atomic E-state index is 13.0. The number of carbonyl (C=O) groups is 1. The number of alkyl halides is 2. The first-order chi connectivity index (χ1) is 15.5. The molecule has 2 aliphatic heterocycles. The molecular weight excluding hydrogens is 436 g/mol. The molecule has 11 heteroatoms. The van der Waals surface area contributed by atoms with Crippen LogP contribution in [-0.2, 0) is 0 Å². The fourth-order valence-corrected chi connectivity index (χ4v) is 5.37. The van der Waals surface area contributed by atoms with Gasteiger partial charge in [0.15, 0.2) is 5.01 Å². The smallest absolute Gasteiger partial charge is 0.318 e. The fraction of sp³-hybridized carbons (Fsp3) is 0.476. The molecule has 2 aliphatic rings. The summed E-state index contributed by atoms with van der Waals surface area (Å²) in [6.07, 6.45) is 2.48. The number of halogens is 2. The summed E-state index contributed by atoms with van der Waals surface area (Å²) in [5, 5.41) is 16.5. The molecule has 3 atom stereocenters. The minimum Gasteiger partial charge on any atom is -0.318 e. The van der Waals surface area contributed by atoms with Crippen molar-refractivity contribution in [2.24, 2.45) is 0 Å². The lowest BCUT2D eigenvalue weighted by atomic mass is 9.97. The molecule has 2 N–H and O–H groups in total. The Hall–Kier alpha value is -2.79. The first kappa shape index (κ1) is 21.1. The average molecular weight is 460 g/mol. The summed E-state index contributed by atoms with van der Waals surface area (Å²) >= 11 is 1.47. The number of nitrogens with zero attached hydrogens (tertiary/aromatic N) is 5. The second-order valence-electron chi connectivity index (χ2n) is 8.28. The SMILES string of the molecule is Cc1nnc(-c2ccc3cnc(NC(=O)N4C5CC[C@H]4C[C@@H](NCC(F)F)C5)cc3n2)s1. The standard InChI is InChI=1S/C21H23F2N7OS/c1-11-28-29-20(32-11)16-5-2-12-9-25-19(8-17(12)26-16)27-21(31)30-14-3-4-15(30)7-13(6-14)24-10-18(22)23/h2,5,8-9,13-15,18,24H,3-4,6-7,10H2,1H3,(H,25,27,31)/t13-,14+,15?/m1/s1. The van der Waals surface area contributed by atoms with Gasteiger partial charge in [-0.3, -0.25) is 5.32 Å². The Bertz CT molecular complexity index is 1130. The lowest BCUT2D eigenvalue weighted by Crippen LogP contribution is -2.53. The molecular formula is C21H23F2N7OS. The van der Waals surface area contributed by atoms with E-state index in [2.05, 4.69) is 30.8 Å². The Labute approximate surface area is 187 Å². The normalized spacial score (nSPS) is 22.6. The zero-order chi connectivity index (χ0) is 22.2. The Morgan fingerprint density at radius 3 is 2.72 bits per heavy atom. The predicted octanol–water partition coefficient (Wildman–Crippen LogP) is 3.84. The van der Waals surface area contributed by atoms with Gasteiger partial charge in [0, 0.05) is 35.8 Å². The number of nitrogens with one attached hydrogen (secondary N) is 2. The number of fused-ring (bicyclic) bond motifs is 3. The number of anilines is 1. The summed E-state index contributed by atoms with van der Waals surface area (Å²) < 4.78 is 25.1. The van der Waals surface area contributed by atoms with Crippen molar-refractivity contribution in [3.05, 3.63) is 29.4 Å². The summed E-state index contributed by atoms with van der Waals surface area (Å²) in [6, 6.07) is 5.48. The molecule has 2 saturated heterocycles. The number of hydrogen-bond acceptors (Lipinski definition) is 7. The lowest BCUT2D eigenvalue weighted by molar-refractivity contribution is 0.115. The zero-order valence-electron chi connectivity index (χ0n) is 17.5. The highest BCUT2D eigenvalue weighted by molar-refractivity contribution is 7.14. The molecule has 2 amide bonds. The number of pyridine rings is 2. The highest BCUT2D eigenvalue weighted by Crippen LogP contribution is 2.36. The molecule has 2 bridgehead atoms. The van der Waals surface area contributed by atoms with Gasteiger partial charge in [-0.05, 0) is 44.7 Å². The Morgan fingerprint density at radius 2 is 2.03 bits per heavy atom. The van der Waals surface area contributed by atoms with Gasteiger partial charge < -0.3 is 10.2 Å². The van der Waals surface area contributed by atoms with Gasteiger partial charge in [-0.25, -0.2) is 23.5 Å². The van der Waals surface area contributed by atoms with E-state index in [4.69, 9.17) is 0 Å². The topological polar surface area (TPSA) is 95.9 Å². The summed E-state index contributed by atoms with van der Waals surface area (Å²) in [7, 11) is 0. The molecule has 0 spiro atoms. The molecule has 168 valence electrons. The largest absolute Gasteiger partial charge is 0.323 e. The van der Waals surface area contributed by atoms with E-state index in [0.29, 0.717) is 24.2 Å². The van der Waals surface area contributed by atoms with Gasteiger partial charge in [-0.15, -0.1) is 10.2 Å². The molecule has 0 aromatic carbocycles. The van der Waals surface area contributed by atoms with E-state index >= 15 is 0 Å². The Morgan fingerprint density at radius 1 is 1.25 bits per heavy atom. The third-order valence-corrected chi connectivity index (χ3v) is 6.94. The second kappa shape index (κ2) is 8.62. The van der Waals surface area contributed by atoms with Gasteiger partial charge in [0.25, 0.3) is 6.43 Å². The number of piperidine rings is 1. The summed E-state index contributed by atoms with van der Waals surface area (Å²) in [4.78, 5) is 23.9. The van der Waals surface area contributed by atoms with E-state index in [0.717, 1.165) is 33.9 Å². The van der Waals surface area contributed by atoms with Crippen molar-refractivity contribution in [1.29, 1.82) is 0 Å². The van der Waals surface area contributed by atoms with Crippen LogP contribution in [-0.4, -0.2) is 62.2 Å². The van der Waals surface area contributed by atoms with Crippen LogP contribution in [0.5, 0.6) is 0 Å². The second-order valence-corrected chi connectivity index (χ2v) is 9.46. The molecule has 0 saturated carbocycles. The van der Waals surface area contributed by atoms with Gasteiger partial charge >= 0.3 is 6.03 Å². The average Bonchev–Trinajstić information content (AvgIpc) is 3.32. The van der Waals surface area contributed by atoms with E-state index in [9.17, 15) is 13.6 Å². The van der Waals surface area contributed by atoms with Crippen molar-refractivity contribution < 1.29 is 13.6 Å². The van der Waals surface area contributed by atoms with E-state index in [1.807, 2.05) is 24.0 Å². The zero-order valence-corrected chi connectivity index (χ0v) is 18.3. The monoisotopic (exact) mass is 459 g/mol. The molecule has 5 heterocycles. The number of aromatic nitrogens is 4. The number of amides is 2. The quantitative estimate of drug-likeness (QED) is 0.602. The molecule has 8 nitrogen and oxygen atoms in total. The molecule has 0 radical (unpaired) electrons.